The normalized spacial score (nSPS) is 18.1. The van der Waals surface area contributed by atoms with Crippen LogP contribution in [0.1, 0.15) is 310 Å². The maximum atomic E-state index is 12.0. The van der Waals surface area contributed by atoms with E-state index in [1.165, 1.54) is 93.7 Å². The minimum absolute atomic E-state index is 0.107. The summed E-state index contributed by atoms with van der Waals surface area (Å²) in [5.41, 5.74) is 8.10. The lowest BCUT2D eigenvalue weighted by Crippen LogP contribution is -2.55. The number of rotatable bonds is 22. The molecule has 0 fully saturated rings. The molecule has 5 aliphatic rings. The summed E-state index contributed by atoms with van der Waals surface area (Å²) in [5, 5.41) is 20.1. The van der Waals surface area contributed by atoms with Gasteiger partial charge < -0.3 is 48.1 Å². The summed E-state index contributed by atoms with van der Waals surface area (Å²) in [6, 6.07) is 24.0. The van der Waals surface area contributed by atoms with Crippen LogP contribution in [-0.4, -0.2) is 46.6 Å². The van der Waals surface area contributed by atoms with Crippen LogP contribution >= 0.6 is 0 Å². The number of phenols is 2. The minimum Gasteiger partial charge on any atom is -0.508 e. The predicted octanol–water partition coefficient (Wildman–Crippen LogP) is 22.9. The number of unbranched alkanes of at least 4 members (excludes halogenated alkanes) is 11. The van der Waals surface area contributed by atoms with Gasteiger partial charge in [-0.15, -0.1) is 0 Å². The molecule has 11 heteroatoms. The quantitative estimate of drug-likeness (QED) is 0.0390. The SMILES string of the molecule is CC.CCCC.CCCC(=O)Oc1ccc(C(C)C)c2c1C(C)(C)CC(C)(C)O2.CCCCCCCCOc1ccc2c(c1)C(C)(C)CC1(CC(C)(C)c3cc(OCCCCCCCC)ccc3O1)O2.CCc1cc2c(cc1O)OC1(CCc3cc(C)c(O)cc3O1)CC2. The Hall–Kier alpha value is -6.23. The molecule has 0 amide bonds. The van der Waals surface area contributed by atoms with Gasteiger partial charge in [-0.1, -0.05) is 194 Å². The summed E-state index contributed by atoms with van der Waals surface area (Å²) in [6.07, 6.45) is 25.6. The molecule has 11 nitrogen and oxygen atoms in total. The van der Waals surface area contributed by atoms with Crippen LogP contribution in [0.2, 0.25) is 0 Å². The third-order valence-corrected chi connectivity index (χ3v) is 18.9. The molecule has 5 aromatic carbocycles. The second-order valence-electron chi connectivity index (χ2n) is 29.7. The van der Waals surface area contributed by atoms with Crippen molar-refractivity contribution < 1.29 is 52.9 Å². The number of ether oxygens (including phenoxy) is 8. The third-order valence-electron chi connectivity index (χ3n) is 18.9. The molecule has 5 heterocycles. The Morgan fingerprint density at radius 1 is 0.511 bits per heavy atom. The van der Waals surface area contributed by atoms with Crippen molar-refractivity contribution in [2.24, 2.45) is 0 Å². The van der Waals surface area contributed by atoms with Gasteiger partial charge in [0.2, 0.25) is 0 Å². The molecule has 1 atom stereocenters. The van der Waals surface area contributed by atoms with E-state index < -0.39 is 11.6 Å². The van der Waals surface area contributed by atoms with Gasteiger partial charge in [-0.3, -0.25) is 4.79 Å². The van der Waals surface area contributed by atoms with Gasteiger partial charge in [0.15, 0.2) is 0 Å². The van der Waals surface area contributed by atoms with Crippen LogP contribution in [0, 0.1) is 6.92 Å². The topological polar surface area (TPSA) is 131 Å². The van der Waals surface area contributed by atoms with E-state index in [2.05, 4.69) is 133 Å². The molecule has 5 aliphatic heterocycles. The van der Waals surface area contributed by atoms with Crippen LogP contribution in [0.5, 0.6) is 57.5 Å². The second kappa shape index (κ2) is 34.6. The highest BCUT2D eigenvalue weighted by Gasteiger charge is 2.53. The Kier molecular flexibility index (Phi) is 28.3. The number of esters is 1. The maximum Gasteiger partial charge on any atom is 0.311 e. The Balaban J connectivity index is 0.000000226. The van der Waals surface area contributed by atoms with E-state index in [0.29, 0.717) is 29.6 Å². The molecule has 0 saturated carbocycles. The van der Waals surface area contributed by atoms with Gasteiger partial charge >= 0.3 is 5.97 Å². The lowest BCUT2D eigenvalue weighted by atomic mass is 9.69. The number of carbonyl (C=O) groups is 1. The number of phenolic OH excluding ortho intramolecular Hbond substituents is 2. The summed E-state index contributed by atoms with van der Waals surface area (Å²) in [4.78, 5) is 12.0. The fourth-order valence-corrected chi connectivity index (χ4v) is 14.1. The van der Waals surface area contributed by atoms with Crippen LogP contribution < -0.4 is 37.9 Å². The Bertz CT molecular complexity index is 3110. The molecular formula is C83H124O11. The first-order chi connectivity index (χ1) is 44.7. The lowest BCUT2D eigenvalue weighted by molar-refractivity contribution is -0.166. The first-order valence-corrected chi connectivity index (χ1v) is 36.7. The zero-order valence-electron chi connectivity index (χ0n) is 62.0. The molecule has 0 aliphatic carbocycles. The zero-order chi connectivity index (χ0) is 69.1. The van der Waals surface area contributed by atoms with Crippen molar-refractivity contribution in [1.82, 2.24) is 0 Å². The number of hydrogen-bond donors (Lipinski definition) is 2. The van der Waals surface area contributed by atoms with Crippen LogP contribution in [0.25, 0.3) is 0 Å². The first kappa shape index (κ1) is 76.8. The van der Waals surface area contributed by atoms with E-state index in [1.54, 1.807) is 12.1 Å². The van der Waals surface area contributed by atoms with E-state index in [9.17, 15) is 15.0 Å². The molecule has 1 unspecified atom stereocenters. The van der Waals surface area contributed by atoms with Gasteiger partial charge in [-0.05, 0) is 154 Å². The van der Waals surface area contributed by atoms with Crippen LogP contribution in [0.3, 0.4) is 0 Å². The van der Waals surface area contributed by atoms with Gasteiger partial charge in [-0.25, -0.2) is 0 Å². The highest BCUT2D eigenvalue weighted by molar-refractivity contribution is 5.74. The maximum absolute atomic E-state index is 12.0. The van der Waals surface area contributed by atoms with Gasteiger partial charge in [-0.2, -0.15) is 0 Å². The number of benzene rings is 5. The number of hydrogen-bond acceptors (Lipinski definition) is 11. The zero-order valence-corrected chi connectivity index (χ0v) is 62.0. The van der Waals surface area contributed by atoms with Gasteiger partial charge in [0.05, 0.1) is 13.2 Å². The van der Waals surface area contributed by atoms with E-state index in [-0.39, 0.29) is 39.3 Å². The van der Waals surface area contributed by atoms with Crippen molar-refractivity contribution in [2.75, 3.05) is 13.2 Å². The first-order valence-electron chi connectivity index (χ1n) is 36.7. The van der Waals surface area contributed by atoms with E-state index in [1.807, 2.05) is 58.9 Å². The molecule has 0 bridgehead atoms. The molecule has 0 saturated heterocycles. The van der Waals surface area contributed by atoms with Gasteiger partial charge in [0, 0.05) is 77.2 Å². The van der Waals surface area contributed by atoms with Crippen molar-refractivity contribution in [3.05, 3.63) is 117 Å². The monoisotopic (exact) mass is 1300 g/mol. The molecule has 0 radical (unpaired) electrons. The van der Waals surface area contributed by atoms with Crippen molar-refractivity contribution in [3.8, 4) is 57.5 Å². The van der Waals surface area contributed by atoms with Crippen LogP contribution in [0.4, 0.5) is 0 Å². The van der Waals surface area contributed by atoms with Crippen molar-refractivity contribution in [1.29, 1.82) is 0 Å². The minimum atomic E-state index is -0.706. The average Bonchev–Trinajstić information content (AvgIpc) is 0.742. The number of aryl methyl sites for hydroxylation is 4. The number of carbonyl (C=O) groups excluding carboxylic acids is 1. The second-order valence-corrected chi connectivity index (χ2v) is 29.7. The Labute approximate surface area is 569 Å². The van der Waals surface area contributed by atoms with E-state index in [4.69, 9.17) is 37.9 Å². The van der Waals surface area contributed by atoms with Crippen LogP contribution in [-0.2, 0) is 40.3 Å². The summed E-state index contributed by atoms with van der Waals surface area (Å²) < 4.78 is 50.2. The lowest BCUT2D eigenvalue weighted by Gasteiger charge is -2.51. The molecular weight excluding hydrogens is 1170 g/mol. The Morgan fingerprint density at radius 3 is 1.47 bits per heavy atom. The highest BCUT2D eigenvalue weighted by Crippen LogP contribution is 2.56. The standard InChI is InChI=1S/C37H56O4.C20H22O4.C20H30O3.C4H10.C2H6/c1-7-9-11-13-15-17-23-38-29-19-21-33-31(25-29)35(3,4)27-37(40-33)28-36(5,6)32-26-30(20-22-34(32)41-37)39-24-18-16-14-12-10-8-2;1-3-13-9-15-5-7-20(24-19(15)11-17(13)22)6-4-14-8-12(2)16(21)10-18(14)23-20;1-8-9-16(21)22-15-11-10-14(13(2)3)18-17(15)19(4,5)12-20(6,7)23-18;1-3-4-2;1-2/h19-22,25-26H,7-18,23-24,27-28H2,1-6H3;8-11,21-22H,3-7H2,1-2H3;10-11,13H,8-9,12H2,1-7H3;3-4H2,1-2H3;1-2H3. The molecule has 94 heavy (non-hydrogen) atoms. The largest absolute Gasteiger partial charge is 0.508 e. The summed E-state index contributed by atoms with van der Waals surface area (Å²) in [6.45, 7) is 42.5. The van der Waals surface area contributed by atoms with Crippen molar-refractivity contribution >= 4 is 5.97 Å². The predicted molar refractivity (Wildman–Crippen MR) is 386 cm³/mol. The summed E-state index contributed by atoms with van der Waals surface area (Å²) in [5.74, 6) is 5.95. The molecule has 10 rings (SSSR count). The van der Waals surface area contributed by atoms with Gasteiger partial charge in [0.1, 0.15) is 63.1 Å². The summed E-state index contributed by atoms with van der Waals surface area (Å²) >= 11 is 0. The van der Waals surface area contributed by atoms with E-state index >= 15 is 0 Å². The molecule has 0 aromatic heterocycles. The molecule has 522 valence electrons. The number of fused-ring (bicyclic) bond motifs is 5. The number of aromatic hydroxyl groups is 2. The van der Waals surface area contributed by atoms with Gasteiger partial charge in [0.25, 0.3) is 11.6 Å². The Morgan fingerprint density at radius 2 is 0.989 bits per heavy atom. The molecule has 2 N–H and O–H groups in total. The summed E-state index contributed by atoms with van der Waals surface area (Å²) in [7, 11) is 0. The average molecular weight is 1300 g/mol. The highest BCUT2D eigenvalue weighted by atomic mass is 16.7. The van der Waals surface area contributed by atoms with E-state index in [0.717, 1.165) is 140 Å². The fourth-order valence-electron chi connectivity index (χ4n) is 14.1. The smallest absolute Gasteiger partial charge is 0.311 e. The molecule has 5 aromatic rings. The van der Waals surface area contributed by atoms with Crippen molar-refractivity contribution in [2.45, 2.75) is 325 Å². The third kappa shape index (κ3) is 20.4. The van der Waals surface area contributed by atoms with Crippen molar-refractivity contribution in [3.63, 3.8) is 0 Å². The molecule has 2 spiro atoms. The fraction of sp³-hybridized carbons (Fsp3) is 0.627. The van der Waals surface area contributed by atoms with Crippen LogP contribution in [0.15, 0.2) is 72.8 Å².